The van der Waals surface area contributed by atoms with Crippen LogP contribution in [0, 0.1) is 0 Å². The Morgan fingerprint density at radius 3 is 2.00 bits per heavy atom. The lowest BCUT2D eigenvalue weighted by Crippen LogP contribution is -2.15. The molecule has 0 heterocycles. The Labute approximate surface area is 157 Å². The average Bonchev–Trinajstić information content (AvgIpc) is 2.71. The van der Waals surface area contributed by atoms with Crippen LogP contribution in [0.25, 0.3) is 0 Å². The summed E-state index contributed by atoms with van der Waals surface area (Å²) in [5, 5.41) is 2.82. The molecule has 0 fully saturated rings. The summed E-state index contributed by atoms with van der Waals surface area (Å²) in [5.41, 5.74) is 0.553. The Hall–Kier alpha value is -3.48. The van der Waals surface area contributed by atoms with E-state index in [0.29, 0.717) is 24.7 Å². The lowest BCUT2D eigenvalue weighted by Gasteiger charge is -2.11. The van der Waals surface area contributed by atoms with Gasteiger partial charge < -0.3 is 24.3 Å². The smallest absolute Gasteiger partial charge is 0.354 e. The van der Waals surface area contributed by atoms with Gasteiger partial charge in [0.05, 0.1) is 20.3 Å². The van der Waals surface area contributed by atoms with Gasteiger partial charge >= 0.3 is 11.9 Å². The highest BCUT2D eigenvalue weighted by atomic mass is 16.5. The number of anilines is 1. The molecule has 2 aromatic rings. The van der Waals surface area contributed by atoms with Crippen molar-refractivity contribution < 1.29 is 28.5 Å². The highest BCUT2D eigenvalue weighted by Gasteiger charge is 2.12. The van der Waals surface area contributed by atoms with E-state index in [0.717, 1.165) is 11.8 Å². The molecule has 0 amide bonds. The SMILES string of the molecule is COC(=O)/C=C(/Nc1ccc(OCCOc2ccccc2)cc1)C(=O)OC. The molecule has 0 atom stereocenters. The fourth-order valence-electron chi connectivity index (χ4n) is 2.06. The second-order valence-electron chi connectivity index (χ2n) is 5.23. The molecule has 7 heteroatoms. The fourth-order valence-corrected chi connectivity index (χ4v) is 2.06. The number of para-hydroxylation sites is 1. The molecule has 0 aliphatic carbocycles. The first-order chi connectivity index (χ1) is 13.1. The third-order valence-electron chi connectivity index (χ3n) is 3.37. The van der Waals surface area contributed by atoms with Gasteiger partial charge in [-0.1, -0.05) is 18.2 Å². The molecule has 0 unspecified atom stereocenters. The zero-order chi connectivity index (χ0) is 19.5. The van der Waals surface area contributed by atoms with Gasteiger partial charge in [-0.2, -0.15) is 0 Å². The molecule has 0 radical (unpaired) electrons. The Morgan fingerprint density at radius 1 is 0.852 bits per heavy atom. The largest absolute Gasteiger partial charge is 0.490 e. The molecule has 1 N–H and O–H groups in total. The first kappa shape index (κ1) is 19.8. The van der Waals surface area contributed by atoms with Crippen LogP contribution >= 0.6 is 0 Å². The molecule has 0 spiro atoms. The number of ether oxygens (including phenoxy) is 4. The number of carbonyl (C=O) groups is 2. The van der Waals surface area contributed by atoms with Gasteiger partial charge in [-0.3, -0.25) is 0 Å². The maximum atomic E-state index is 11.7. The Kier molecular flexibility index (Phi) is 7.71. The van der Waals surface area contributed by atoms with Crippen LogP contribution < -0.4 is 14.8 Å². The fraction of sp³-hybridized carbons (Fsp3) is 0.200. The standard InChI is InChI=1S/C20H21NO6/c1-24-19(22)14-18(20(23)25-2)21-15-8-10-17(11-9-15)27-13-12-26-16-6-4-3-5-7-16/h3-11,14,21H,12-13H2,1-2H3/b18-14+. The molecule has 7 nitrogen and oxygen atoms in total. The number of methoxy groups -OCH3 is 2. The Bertz CT molecular complexity index is 771. The van der Waals surface area contributed by atoms with Gasteiger partial charge in [-0.05, 0) is 36.4 Å². The zero-order valence-electron chi connectivity index (χ0n) is 15.1. The number of rotatable bonds is 9. The van der Waals surface area contributed by atoms with E-state index >= 15 is 0 Å². The van der Waals surface area contributed by atoms with E-state index in [4.69, 9.17) is 9.47 Å². The van der Waals surface area contributed by atoms with Crippen molar-refractivity contribution in [3.8, 4) is 11.5 Å². The van der Waals surface area contributed by atoms with E-state index in [9.17, 15) is 9.59 Å². The van der Waals surface area contributed by atoms with Crippen LogP contribution in [0.4, 0.5) is 5.69 Å². The maximum Gasteiger partial charge on any atom is 0.354 e. The number of nitrogens with one attached hydrogen (secondary N) is 1. The molecule has 0 bridgehead atoms. The number of hydrogen-bond donors (Lipinski definition) is 1. The predicted octanol–water partition coefficient (Wildman–Crippen LogP) is 2.79. The van der Waals surface area contributed by atoms with Crippen LogP contribution in [0.3, 0.4) is 0 Å². The summed E-state index contributed by atoms with van der Waals surface area (Å²) in [4.78, 5) is 23.1. The minimum absolute atomic E-state index is 0.0331. The predicted molar refractivity (Wildman–Crippen MR) is 99.6 cm³/mol. The minimum Gasteiger partial charge on any atom is -0.490 e. The molecule has 0 saturated carbocycles. The molecule has 0 saturated heterocycles. The van der Waals surface area contributed by atoms with Gasteiger partial charge in [-0.25, -0.2) is 9.59 Å². The number of benzene rings is 2. The molecule has 27 heavy (non-hydrogen) atoms. The van der Waals surface area contributed by atoms with E-state index in [-0.39, 0.29) is 5.70 Å². The van der Waals surface area contributed by atoms with E-state index in [1.165, 1.54) is 14.2 Å². The van der Waals surface area contributed by atoms with Gasteiger partial charge in [0.25, 0.3) is 0 Å². The van der Waals surface area contributed by atoms with E-state index in [1.807, 2.05) is 30.3 Å². The van der Waals surface area contributed by atoms with Crippen LogP contribution in [0.5, 0.6) is 11.5 Å². The molecule has 142 valence electrons. The maximum absolute atomic E-state index is 11.7. The molecule has 2 rings (SSSR count). The van der Waals surface area contributed by atoms with Gasteiger partial charge in [0.1, 0.15) is 30.4 Å². The molecule has 0 aromatic heterocycles. The molecule has 2 aromatic carbocycles. The first-order valence-electron chi connectivity index (χ1n) is 8.18. The van der Waals surface area contributed by atoms with Crippen LogP contribution in [0.1, 0.15) is 0 Å². The van der Waals surface area contributed by atoms with Crippen LogP contribution in [0.15, 0.2) is 66.4 Å². The number of esters is 2. The van der Waals surface area contributed by atoms with Crippen molar-refractivity contribution in [1.82, 2.24) is 0 Å². The van der Waals surface area contributed by atoms with Crippen LogP contribution in [0.2, 0.25) is 0 Å². The van der Waals surface area contributed by atoms with E-state index in [2.05, 4.69) is 14.8 Å². The van der Waals surface area contributed by atoms with Crippen molar-refractivity contribution in [1.29, 1.82) is 0 Å². The average molecular weight is 371 g/mol. The second-order valence-corrected chi connectivity index (χ2v) is 5.23. The van der Waals surface area contributed by atoms with E-state index < -0.39 is 11.9 Å². The van der Waals surface area contributed by atoms with Crippen LogP contribution in [-0.4, -0.2) is 39.4 Å². The summed E-state index contributed by atoms with van der Waals surface area (Å²) < 4.78 is 20.3. The number of carbonyl (C=O) groups excluding carboxylic acids is 2. The first-order valence-corrected chi connectivity index (χ1v) is 8.18. The van der Waals surface area contributed by atoms with E-state index in [1.54, 1.807) is 24.3 Å². The summed E-state index contributed by atoms with van der Waals surface area (Å²) in [6.07, 6.45) is 1.02. The number of hydrogen-bond acceptors (Lipinski definition) is 7. The normalized spacial score (nSPS) is 10.7. The van der Waals surface area contributed by atoms with Gasteiger partial charge in [0.2, 0.25) is 0 Å². The summed E-state index contributed by atoms with van der Waals surface area (Å²) in [5.74, 6) is 0.0854. The van der Waals surface area contributed by atoms with Crippen molar-refractivity contribution in [2.45, 2.75) is 0 Å². The van der Waals surface area contributed by atoms with Crippen molar-refractivity contribution in [2.24, 2.45) is 0 Å². The summed E-state index contributed by atoms with van der Waals surface area (Å²) in [6.45, 7) is 0.801. The monoisotopic (exact) mass is 371 g/mol. The lowest BCUT2D eigenvalue weighted by atomic mass is 10.3. The minimum atomic E-state index is -0.682. The molecule has 0 aliphatic rings. The van der Waals surface area contributed by atoms with Crippen LogP contribution in [-0.2, 0) is 19.1 Å². The zero-order valence-corrected chi connectivity index (χ0v) is 15.1. The Morgan fingerprint density at radius 2 is 1.44 bits per heavy atom. The van der Waals surface area contributed by atoms with Gasteiger partial charge in [0.15, 0.2) is 0 Å². The second kappa shape index (κ2) is 10.5. The van der Waals surface area contributed by atoms with Crippen molar-refractivity contribution >= 4 is 17.6 Å². The lowest BCUT2D eigenvalue weighted by molar-refractivity contribution is -0.138. The topological polar surface area (TPSA) is 83.1 Å². The van der Waals surface area contributed by atoms with Gasteiger partial charge in [-0.15, -0.1) is 0 Å². The van der Waals surface area contributed by atoms with Crippen molar-refractivity contribution in [3.05, 3.63) is 66.4 Å². The highest BCUT2D eigenvalue weighted by Crippen LogP contribution is 2.18. The van der Waals surface area contributed by atoms with Crippen molar-refractivity contribution in [3.63, 3.8) is 0 Å². The van der Waals surface area contributed by atoms with Gasteiger partial charge in [0, 0.05) is 5.69 Å². The molecular formula is C20H21NO6. The third-order valence-corrected chi connectivity index (χ3v) is 3.37. The Balaban J connectivity index is 1.87. The summed E-state index contributed by atoms with van der Waals surface area (Å²) in [6, 6.07) is 16.4. The van der Waals surface area contributed by atoms with Crippen molar-refractivity contribution in [2.75, 3.05) is 32.8 Å². The third kappa shape index (κ3) is 6.74. The molecule has 0 aliphatic heterocycles. The molecular weight excluding hydrogens is 350 g/mol. The summed E-state index contributed by atoms with van der Waals surface area (Å²) >= 11 is 0. The highest BCUT2D eigenvalue weighted by molar-refractivity contribution is 5.98. The summed E-state index contributed by atoms with van der Waals surface area (Å²) in [7, 11) is 2.45. The quantitative estimate of drug-likeness (QED) is 0.412.